The van der Waals surface area contributed by atoms with Gasteiger partial charge in [-0.3, -0.25) is 4.79 Å². The van der Waals surface area contributed by atoms with Crippen LogP contribution in [0.5, 0.6) is 0 Å². The average Bonchev–Trinajstić information content (AvgIpc) is 2.18. The topological polar surface area (TPSA) is 29.1 Å². The molecular weight excluding hydrogens is 254 g/mol. The maximum Gasteiger partial charge on any atom is 0.217 e. The van der Waals surface area contributed by atoms with Gasteiger partial charge in [0.1, 0.15) is 0 Å². The number of benzene rings is 1. The molecule has 1 aromatic carbocycles. The van der Waals surface area contributed by atoms with Crippen LogP contribution in [0.3, 0.4) is 0 Å². The first-order valence-corrected chi connectivity index (χ1v) is 5.38. The quantitative estimate of drug-likeness (QED) is 0.776. The summed E-state index contributed by atoms with van der Waals surface area (Å²) in [6, 6.07) is 5.92. The molecular formula is C12H12BrNO. The maximum absolute atomic E-state index is 10.6. The van der Waals surface area contributed by atoms with Crippen molar-refractivity contribution < 1.29 is 4.79 Å². The average molecular weight is 266 g/mol. The summed E-state index contributed by atoms with van der Waals surface area (Å²) in [5, 5.41) is 2.62. The molecule has 0 aliphatic rings. The minimum atomic E-state index is -0.0590. The third kappa shape index (κ3) is 4.18. The van der Waals surface area contributed by atoms with Gasteiger partial charge in [0.2, 0.25) is 5.91 Å². The van der Waals surface area contributed by atoms with Crippen molar-refractivity contribution in [3.05, 3.63) is 33.8 Å². The maximum atomic E-state index is 10.6. The van der Waals surface area contributed by atoms with E-state index in [0.717, 1.165) is 15.6 Å². The number of nitrogens with one attached hydrogen (secondary N) is 1. The highest BCUT2D eigenvalue weighted by Gasteiger charge is 1.93. The molecule has 1 N–H and O–H groups in total. The van der Waals surface area contributed by atoms with Crippen LogP contribution in [-0.2, 0) is 4.79 Å². The van der Waals surface area contributed by atoms with E-state index in [-0.39, 0.29) is 5.91 Å². The van der Waals surface area contributed by atoms with Crippen molar-refractivity contribution >= 4 is 21.8 Å². The van der Waals surface area contributed by atoms with E-state index in [4.69, 9.17) is 0 Å². The van der Waals surface area contributed by atoms with Gasteiger partial charge in [-0.15, -0.1) is 0 Å². The van der Waals surface area contributed by atoms with E-state index in [1.54, 1.807) is 0 Å². The van der Waals surface area contributed by atoms with Crippen molar-refractivity contribution in [2.24, 2.45) is 0 Å². The molecule has 3 heteroatoms. The summed E-state index contributed by atoms with van der Waals surface area (Å²) in [7, 11) is 0. The summed E-state index contributed by atoms with van der Waals surface area (Å²) in [5.41, 5.74) is 2.11. The van der Waals surface area contributed by atoms with Gasteiger partial charge in [-0.25, -0.2) is 0 Å². The van der Waals surface area contributed by atoms with Crippen LogP contribution in [0.4, 0.5) is 0 Å². The zero-order chi connectivity index (χ0) is 11.3. The summed E-state index contributed by atoms with van der Waals surface area (Å²) < 4.78 is 1.08. The van der Waals surface area contributed by atoms with Crippen molar-refractivity contribution in [1.82, 2.24) is 5.32 Å². The van der Waals surface area contributed by atoms with Gasteiger partial charge in [0.15, 0.2) is 0 Å². The monoisotopic (exact) mass is 265 g/mol. The largest absolute Gasteiger partial charge is 0.345 e. The van der Waals surface area contributed by atoms with E-state index in [1.807, 2.05) is 25.1 Å². The molecule has 0 aliphatic carbocycles. The number of amides is 1. The van der Waals surface area contributed by atoms with E-state index in [2.05, 4.69) is 33.1 Å². The predicted molar refractivity (Wildman–Crippen MR) is 64.4 cm³/mol. The van der Waals surface area contributed by atoms with Crippen LogP contribution in [0.25, 0.3) is 0 Å². The second-order valence-electron chi connectivity index (χ2n) is 3.18. The fourth-order valence-corrected chi connectivity index (χ4v) is 1.28. The highest BCUT2D eigenvalue weighted by molar-refractivity contribution is 9.10. The van der Waals surface area contributed by atoms with Gasteiger partial charge in [0.05, 0.1) is 6.54 Å². The fraction of sp³-hybridized carbons (Fsp3) is 0.250. The number of halogens is 1. The number of rotatable bonds is 1. The molecule has 0 bridgehead atoms. The molecule has 0 aliphatic heterocycles. The normalized spacial score (nSPS) is 9.00. The van der Waals surface area contributed by atoms with Crippen LogP contribution in [0, 0.1) is 18.8 Å². The summed E-state index contributed by atoms with van der Waals surface area (Å²) >= 11 is 3.43. The van der Waals surface area contributed by atoms with Gasteiger partial charge in [-0.1, -0.05) is 27.8 Å². The Morgan fingerprint density at radius 2 is 2.27 bits per heavy atom. The zero-order valence-electron chi connectivity index (χ0n) is 8.73. The SMILES string of the molecule is CC(=O)NCC#Cc1ccc(Br)c(C)c1. The summed E-state index contributed by atoms with van der Waals surface area (Å²) in [6.45, 7) is 3.89. The molecule has 0 heterocycles. The Morgan fingerprint density at radius 1 is 1.53 bits per heavy atom. The fourth-order valence-electron chi connectivity index (χ4n) is 1.04. The van der Waals surface area contributed by atoms with Crippen LogP contribution < -0.4 is 5.32 Å². The van der Waals surface area contributed by atoms with Gasteiger partial charge >= 0.3 is 0 Å². The van der Waals surface area contributed by atoms with E-state index < -0.39 is 0 Å². The third-order valence-corrected chi connectivity index (χ3v) is 2.71. The molecule has 1 rings (SSSR count). The minimum absolute atomic E-state index is 0.0590. The van der Waals surface area contributed by atoms with Gasteiger partial charge in [-0.2, -0.15) is 0 Å². The number of hydrogen-bond donors (Lipinski definition) is 1. The second-order valence-corrected chi connectivity index (χ2v) is 4.03. The Balaban J connectivity index is 2.64. The van der Waals surface area contributed by atoms with Crippen molar-refractivity contribution in [3.63, 3.8) is 0 Å². The number of hydrogen-bond acceptors (Lipinski definition) is 1. The van der Waals surface area contributed by atoms with E-state index in [0.29, 0.717) is 6.54 Å². The number of carbonyl (C=O) groups is 1. The molecule has 0 aromatic heterocycles. The Kier molecular flexibility index (Phi) is 4.38. The van der Waals surface area contributed by atoms with Crippen molar-refractivity contribution in [2.75, 3.05) is 6.54 Å². The smallest absolute Gasteiger partial charge is 0.217 e. The van der Waals surface area contributed by atoms with Crippen molar-refractivity contribution in [3.8, 4) is 11.8 Å². The molecule has 1 aromatic rings. The molecule has 0 unspecified atom stereocenters. The molecule has 15 heavy (non-hydrogen) atoms. The molecule has 0 atom stereocenters. The lowest BCUT2D eigenvalue weighted by atomic mass is 10.1. The zero-order valence-corrected chi connectivity index (χ0v) is 10.3. The predicted octanol–water partition coefficient (Wildman–Crippen LogP) is 2.25. The van der Waals surface area contributed by atoms with E-state index in [1.165, 1.54) is 6.92 Å². The Labute approximate surface area is 98.2 Å². The van der Waals surface area contributed by atoms with Crippen LogP contribution in [-0.4, -0.2) is 12.5 Å². The molecule has 78 valence electrons. The highest BCUT2D eigenvalue weighted by Crippen LogP contribution is 2.16. The summed E-state index contributed by atoms with van der Waals surface area (Å²) in [5.74, 6) is 5.81. The van der Waals surface area contributed by atoms with E-state index in [9.17, 15) is 4.79 Å². The number of aryl methyl sites for hydroxylation is 1. The molecule has 0 saturated heterocycles. The number of carbonyl (C=O) groups excluding carboxylic acids is 1. The Hall–Kier alpha value is -1.27. The van der Waals surface area contributed by atoms with Crippen molar-refractivity contribution in [2.45, 2.75) is 13.8 Å². The van der Waals surface area contributed by atoms with Gasteiger partial charge in [-0.05, 0) is 30.7 Å². The van der Waals surface area contributed by atoms with Gasteiger partial charge < -0.3 is 5.32 Å². The lowest BCUT2D eigenvalue weighted by Crippen LogP contribution is -2.19. The first-order chi connectivity index (χ1) is 7.09. The molecule has 0 spiro atoms. The summed E-state index contributed by atoms with van der Waals surface area (Å²) in [4.78, 5) is 10.6. The first kappa shape index (κ1) is 11.8. The Bertz CT molecular complexity index is 429. The van der Waals surface area contributed by atoms with E-state index >= 15 is 0 Å². The second kappa shape index (κ2) is 5.57. The van der Waals surface area contributed by atoms with Gasteiger partial charge in [0, 0.05) is 17.0 Å². The molecule has 0 saturated carbocycles. The van der Waals surface area contributed by atoms with Crippen LogP contribution in [0.2, 0.25) is 0 Å². The minimum Gasteiger partial charge on any atom is -0.345 e. The Morgan fingerprint density at radius 3 is 2.87 bits per heavy atom. The highest BCUT2D eigenvalue weighted by atomic mass is 79.9. The summed E-state index contributed by atoms with van der Waals surface area (Å²) in [6.07, 6.45) is 0. The molecule has 1 amide bonds. The van der Waals surface area contributed by atoms with Gasteiger partial charge in [0.25, 0.3) is 0 Å². The third-order valence-electron chi connectivity index (χ3n) is 1.82. The van der Waals surface area contributed by atoms with Crippen LogP contribution in [0.1, 0.15) is 18.1 Å². The van der Waals surface area contributed by atoms with Crippen LogP contribution in [0.15, 0.2) is 22.7 Å². The standard InChI is InChI=1S/C12H12BrNO/c1-9-8-11(5-6-12(9)13)4-3-7-14-10(2)15/h5-6,8H,7H2,1-2H3,(H,14,15). The lowest BCUT2D eigenvalue weighted by molar-refractivity contribution is -0.118. The molecule has 2 nitrogen and oxygen atoms in total. The first-order valence-electron chi connectivity index (χ1n) is 4.59. The van der Waals surface area contributed by atoms with Crippen LogP contribution >= 0.6 is 15.9 Å². The molecule has 0 radical (unpaired) electrons. The molecule has 0 fully saturated rings. The lowest BCUT2D eigenvalue weighted by Gasteiger charge is -1.97. The van der Waals surface area contributed by atoms with Crippen molar-refractivity contribution in [1.29, 1.82) is 0 Å².